The van der Waals surface area contributed by atoms with E-state index in [-0.39, 0.29) is 23.1 Å². The maximum absolute atomic E-state index is 10.9. The zero-order chi connectivity index (χ0) is 27.5. The Kier molecular flexibility index (Phi) is 8.31. The molecule has 0 aromatic heterocycles. The molecule has 10 heteroatoms. The molecule has 38 heavy (non-hydrogen) atoms. The van der Waals surface area contributed by atoms with E-state index in [0.717, 1.165) is 10.4 Å². The maximum Gasteiger partial charge on any atom is 0.269 e. The van der Waals surface area contributed by atoms with Crippen LogP contribution in [0, 0.1) is 10.1 Å². The van der Waals surface area contributed by atoms with Crippen LogP contribution in [0.5, 0.6) is 5.75 Å². The summed E-state index contributed by atoms with van der Waals surface area (Å²) in [6.07, 6.45) is -6.88. The van der Waals surface area contributed by atoms with Gasteiger partial charge in [0.05, 0.1) is 11.5 Å². The van der Waals surface area contributed by atoms with Gasteiger partial charge in [0.25, 0.3) is 14.0 Å². The summed E-state index contributed by atoms with van der Waals surface area (Å²) in [5.74, 6) is 0.204. The molecule has 0 unspecified atom stereocenters. The van der Waals surface area contributed by atoms with E-state index in [2.05, 4.69) is 20.8 Å². The van der Waals surface area contributed by atoms with Crippen LogP contribution in [0.3, 0.4) is 0 Å². The van der Waals surface area contributed by atoms with Crippen molar-refractivity contribution in [3.05, 3.63) is 95.0 Å². The van der Waals surface area contributed by atoms with Gasteiger partial charge in [-0.2, -0.15) is 0 Å². The largest absolute Gasteiger partial charge is 0.462 e. The Labute approximate surface area is 222 Å². The third kappa shape index (κ3) is 5.51. The second kappa shape index (κ2) is 11.3. The highest BCUT2D eigenvalue weighted by atomic mass is 28.4. The second-order valence-electron chi connectivity index (χ2n) is 10.4. The Morgan fingerprint density at radius 3 is 1.84 bits per heavy atom. The van der Waals surface area contributed by atoms with Crippen molar-refractivity contribution in [2.45, 2.75) is 56.5 Å². The van der Waals surface area contributed by atoms with E-state index in [1.165, 1.54) is 24.3 Å². The Balaban J connectivity index is 1.62. The van der Waals surface area contributed by atoms with E-state index >= 15 is 0 Å². The van der Waals surface area contributed by atoms with Crippen LogP contribution in [0.25, 0.3) is 0 Å². The predicted molar refractivity (Wildman–Crippen MR) is 144 cm³/mol. The average molecular weight is 540 g/mol. The number of nitro groups is 1. The van der Waals surface area contributed by atoms with Gasteiger partial charge < -0.3 is 29.2 Å². The molecule has 9 nitrogen and oxygen atoms in total. The molecule has 3 aromatic rings. The van der Waals surface area contributed by atoms with Crippen molar-refractivity contribution >= 4 is 24.4 Å². The lowest BCUT2D eigenvalue weighted by atomic mass is 9.99. The van der Waals surface area contributed by atoms with E-state index in [9.17, 15) is 25.4 Å². The van der Waals surface area contributed by atoms with Gasteiger partial charge in [-0.3, -0.25) is 10.1 Å². The summed E-state index contributed by atoms with van der Waals surface area (Å²) < 4.78 is 18.5. The second-order valence-corrected chi connectivity index (χ2v) is 14.7. The first-order chi connectivity index (χ1) is 18.0. The smallest absolute Gasteiger partial charge is 0.269 e. The van der Waals surface area contributed by atoms with Gasteiger partial charge in [-0.1, -0.05) is 81.4 Å². The van der Waals surface area contributed by atoms with Gasteiger partial charge in [-0.15, -0.1) is 0 Å². The molecule has 0 saturated carbocycles. The van der Waals surface area contributed by atoms with Gasteiger partial charge in [-0.25, -0.2) is 0 Å². The van der Waals surface area contributed by atoms with Crippen LogP contribution < -0.4 is 15.1 Å². The first-order valence-electron chi connectivity index (χ1n) is 12.4. The topological polar surface area (TPSA) is 132 Å². The molecule has 0 aliphatic carbocycles. The van der Waals surface area contributed by atoms with Gasteiger partial charge in [0, 0.05) is 12.1 Å². The fraction of sp³-hybridized carbons (Fsp3) is 0.357. The highest BCUT2D eigenvalue weighted by Gasteiger charge is 2.52. The quantitative estimate of drug-likeness (QED) is 0.226. The molecule has 202 valence electrons. The number of rotatable bonds is 8. The van der Waals surface area contributed by atoms with Crippen LogP contribution in [0.4, 0.5) is 5.69 Å². The monoisotopic (exact) mass is 539 g/mol. The number of nitro benzene ring substituents is 1. The first kappa shape index (κ1) is 27.9. The van der Waals surface area contributed by atoms with Crippen molar-refractivity contribution in [2.24, 2.45) is 0 Å². The molecule has 5 atom stereocenters. The number of non-ortho nitro benzene ring substituents is 1. The molecule has 1 aliphatic heterocycles. The van der Waals surface area contributed by atoms with Gasteiger partial charge in [0.2, 0.25) is 6.29 Å². The Bertz CT molecular complexity index is 1160. The summed E-state index contributed by atoms with van der Waals surface area (Å²) in [5.41, 5.74) is -0.116. The minimum Gasteiger partial charge on any atom is -0.462 e. The van der Waals surface area contributed by atoms with E-state index in [4.69, 9.17) is 13.9 Å². The molecule has 0 bridgehead atoms. The number of aliphatic hydroxyl groups excluding tert-OH is 3. The van der Waals surface area contributed by atoms with Crippen molar-refractivity contribution in [3.63, 3.8) is 0 Å². The van der Waals surface area contributed by atoms with Crippen molar-refractivity contribution in [3.8, 4) is 5.75 Å². The fourth-order valence-corrected chi connectivity index (χ4v) is 9.47. The number of aliphatic hydroxyl groups is 3. The van der Waals surface area contributed by atoms with Crippen LogP contribution in [-0.4, -0.2) is 65.9 Å². The summed E-state index contributed by atoms with van der Waals surface area (Å²) in [6, 6.07) is 25.2. The molecular weight excluding hydrogens is 506 g/mol. The minimum atomic E-state index is -2.96. The lowest BCUT2D eigenvalue weighted by Gasteiger charge is -2.45. The highest BCUT2D eigenvalue weighted by Crippen LogP contribution is 2.37. The summed E-state index contributed by atoms with van der Waals surface area (Å²) in [5, 5.41) is 44.7. The summed E-state index contributed by atoms with van der Waals surface area (Å²) >= 11 is 0. The van der Waals surface area contributed by atoms with Crippen LogP contribution in [0.1, 0.15) is 20.8 Å². The van der Waals surface area contributed by atoms with Crippen LogP contribution in [-0.2, 0) is 9.16 Å². The number of hydrogen-bond acceptors (Lipinski definition) is 8. The fourth-order valence-electron chi connectivity index (χ4n) is 4.90. The van der Waals surface area contributed by atoms with Crippen LogP contribution in [0.15, 0.2) is 84.9 Å². The third-order valence-electron chi connectivity index (χ3n) is 6.85. The molecule has 1 fully saturated rings. The van der Waals surface area contributed by atoms with E-state index < -0.39 is 43.9 Å². The van der Waals surface area contributed by atoms with E-state index in [0.29, 0.717) is 0 Å². The standard InChI is InChI=1S/C28H33NO8Si/c1-28(2,3)38(21-10-6-4-7-11-21,22-12-8-5-9-13-22)35-18-23-24(30)25(31)26(32)27(37-23)36-20-16-14-19(15-17-20)29(33)34/h4-17,23-27,30-32H,18H2,1-3H3/t23-,24+,25+,26-,27-/m1/s1. The molecule has 1 heterocycles. The van der Waals surface area contributed by atoms with Gasteiger partial charge in [-0.05, 0) is 27.5 Å². The average Bonchev–Trinajstić information content (AvgIpc) is 2.91. The Hall–Kier alpha value is -3.12. The molecule has 0 spiro atoms. The Morgan fingerprint density at radius 2 is 1.37 bits per heavy atom. The normalized spacial score (nSPS) is 24.1. The molecule has 4 rings (SSSR count). The van der Waals surface area contributed by atoms with Gasteiger partial charge in [0.1, 0.15) is 30.2 Å². The van der Waals surface area contributed by atoms with Crippen molar-refractivity contribution in [2.75, 3.05) is 6.61 Å². The molecule has 1 aliphatic rings. The number of hydrogen-bond donors (Lipinski definition) is 3. The maximum atomic E-state index is 10.9. The van der Waals surface area contributed by atoms with Gasteiger partial charge in [0.15, 0.2) is 0 Å². The lowest BCUT2D eigenvalue weighted by molar-refractivity contribution is -0.384. The van der Waals surface area contributed by atoms with E-state index in [1.807, 2.05) is 60.7 Å². The SMILES string of the molecule is CC(C)(C)[Si](OC[C@H]1O[C@@H](Oc2ccc([N+](=O)[O-])cc2)[C@H](O)[C@@H](O)[C@H]1O)(c1ccccc1)c1ccccc1. The number of benzene rings is 3. The molecule has 3 aromatic carbocycles. The van der Waals surface area contributed by atoms with Crippen molar-refractivity contribution in [1.29, 1.82) is 0 Å². The van der Waals surface area contributed by atoms with E-state index in [1.54, 1.807) is 0 Å². The summed E-state index contributed by atoms with van der Waals surface area (Å²) in [7, 11) is -2.96. The zero-order valence-corrected chi connectivity index (χ0v) is 22.5. The molecule has 1 saturated heterocycles. The summed E-state index contributed by atoms with van der Waals surface area (Å²) in [6.45, 7) is 6.29. The van der Waals surface area contributed by atoms with Crippen LogP contribution in [0.2, 0.25) is 5.04 Å². The Morgan fingerprint density at radius 1 is 0.842 bits per heavy atom. The highest BCUT2D eigenvalue weighted by molar-refractivity contribution is 6.99. The van der Waals surface area contributed by atoms with Gasteiger partial charge >= 0.3 is 0 Å². The summed E-state index contributed by atoms with van der Waals surface area (Å²) in [4.78, 5) is 10.4. The number of nitrogens with zero attached hydrogens (tertiary/aromatic N) is 1. The van der Waals surface area contributed by atoms with Crippen LogP contribution >= 0.6 is 0 Å². The molecule has 3 N–H and O–H groups in total. The minimum absolute atomic E-state index is 0.0711. The lowest BCUT2D eigenvalue weighted by Crippen LogP contribution is -2.68. The van der Waals surface area contributed by atoms with Crippen molar-refractivity contribution < 1.29 is 34.1 Å². The molecule has 0 radical (unpaired) electrons. The number of ether oxygens (including phenoxy) is 2. The third-order valence-corrected chi connectivity index (χ3v) is 11.9. The predicted octanol–water partition coefficient (Wildman–Crippen LogP) is 2.36. The molecular formula is C28H33NO8Si. The first-order valence-corrected chi connectivity index (χ1v) is 14.3. The molecule has 0 amide bonds. The zero-order valence-electron chi connectivity index (χ0n) is 21.5. The van der Waals surface area contributed by atoms with Crippen molar-refractivity contribution in [1.82, 2.24) is 0 Å².